The Kier molecular flexibility index (Phi) is 22.5. The molecule has 83 heavy (non-hydrogen) atoms. The van der Waals surface area contributed by atoms with Gasteiger partial charge in [-0.2, -0.15) is 26.3 Å². The molecule has 0 spiro atoms. The number of amides is 2. The molecular formula is C61H74BBrF6N2O12. The molecule has 8 rings (SSSR count). The van der Waals surface area contributed by atoms with E-state index in [0.717, 1.165) is 35.6 Å². The number of hydrogen-bond acceptors (Lipinski definition) is 12. The van der Waals surface area contributed by atoms with E-state index in [4.69, 9.17) is 23.5 Å². The quantitative estimate of drug-likeness (QED) is 0.0435. The second kappa shape index (κ2) is 27.9. The monoisotopic (exact) mass is 1230 g/mol. The van der Waals surface area contributed by atoms with Gasteiger partial charge in [-0.1, -0.05) is 116 Å². The van der Waals surface area contributed by atoms with E-state index >= 15 is 0 Å². The van der Waals surface area contributed by atoms with Crippen LogP contribution in [-0.2, 0) is 42.5 Å². The minimum absolute atomic E-state index is 0.0104. The molecule has 3 heterocycles. The molecule has 14 nitrogen and oxygen atoms in total. The van der Waals surface area contributed by atoms with Crippen molar-refractivity contribution in [1.29, 1.82) is 0 Å². The molecule has 12 atom stereocenters. The highest BCUT2D eigenvalue weighted by Crippen LogP contribution is 2.45. The Hall–Kier alpha value is -5.24. The van der Waals surface area contributed by atoms with Gasteiger partial charge in [0.05, 0.1) is 53.9 Å². The Balaban J connectivity index is 0.000000207. The van der Waals surface area contributed by atoms with Crippen molar-refractivity contribution in [2.45, 2.75) is 153 Å². The molecule has 3 aliphatic rings. The first-order chi connectivity index (χ1) is 38.9. The molecule has 4 unspecified atom stereocenters. The van der Waals surface area contributed by atoms with Gasteiger partial charge in [-0.25, -0.2) is 0 Å². The molecule has 452 valence electrons. The summed E-state index contributed by atoms with van der Waals surface area (Å²) in [5, 5.41) is 55.0. The van der Waals surface area contributed by atoms with Gasteiger partial charge in [0, 0.05) is 35.6 Å². The van der Waals surface area contributed by atoms with Crippen molar-refractivity contribution >= 4 is 40.3 Å². The summed E-state index contributed by atoms with van der Waals surface area (Å²) in [6.45, 7) is 15.8. The third-order valence-electron chi connectivity index (χ3n) is 16.1. The lowest BCUT2D eigenvalue weighted by Gasteiger charge is -2.47. The van der Waals surface area contributed by atoms with Crippen molar-refractivity contribution < 1.29 is 85.0 Å². The van der Waals surface area contributed by atoms with E-state index in [1.807, 2.05) is 77.1 Å². The summed E-state index contributed by atoms with van der Waals surface area (Å²) in [4.78, 5) is 23.5. The number of benzene rings is 5. The molecule has 0 bridgehead atoms. The van der Waals surface area contributed by atoms with Crippen LogP contribution in [0.3, 0.4) is 0 Å². The summed E-state index contributed by atoms with van der Waals surface area (Å²) < 4.78 is 113. The van der Waals surface area contributed by atoms with Crippen molar-refractivity contribution in [3.05, 3.63) is 159 Å². The second-order valence-corrected chi connectivity index (χ2v) is 23.0. The topological polar surface area (TPSA) is 205 Å². The van der Waals surface area contributed by atoms with Crippen LogP contribution in [0.4, 0.5) is 26.3 Å². The molecule has 5 aromatic rings. The molecule has 5 aromatic carbocycles. The molecule has 7 N–H and O–H groups in total. The van der Waals surface area contributed by atoms with Crippen molar-refractivity contribution in [1.82, 2.24) is 10.6 Å². The van der Waals surface area contributed by atoms with Crippen LogP contribution >= 0.6 is 15.9 Å². The van der Waals surface area contributed by atoms with Crippen molar-refractivity contribution in [2.75, 3.05) is 20.7 Å². The maximum absolute atomic E-state index is 13.9. The van der Waals surface area contributed by atoms with Crippen LogP contribution in [0.1, 0.15) is 122 Å². The zero-order valence-corrected chi connectivity index (χ0v) is 49.4. The summed E-state index contributed by atoms with van der Waals surface area (Å²) in [7, 11) is 2.60. The van der Waals surface area contributed by atoms with Crippen molar-refractivity contribution in [2.24, 2.45) is 11.8 Å². The Labute approximate surface area is 489 Å². The van der Waals surface area contributed by atoms with Gasteiger partial charge in [0.1, 0.15) is 36.6 Å². The Morgan fingerprint density at radius 1 is 0.675 bits per heavy atom. The highest BCUT2D eigenvalue weighted by Gasteiger charge is 2.52. The zero-order chi connectivity index (χ0) is 61.5. The predicted octanol–water partition coefficient (Wildman–Crippen LogP) is 9.56. The van der Waals surface area contributed by atoms with Crippen LogP contribution in [0.15, 0.2) is 120 Å². The third kappa shape index (κ3) is 15.8. The number of nitrogens with one attached hydrogen (secondary N) is 2. The number of carbonyl (C=O) groups excluding carboxylic acids is 2. The van der Waals surface area contributed by atoms with Gasteiger partial charge < -0.3 is 59.7 Å². The number of hydrogen-bond donors (Lipinski definition) is 7. The number of aliphatic hydroxyl groups excluding tert-OH is 5. The van der Waals surface area contributed by atoms with Crippen molar-refractivity contribution in [3.63, 3.8) is 0 Å². The lowest BCUT2D eigenvalue weighted by Crippen LogP contribution is -2.60. The highest BCUT2D eigenvalue weighted by atomic mass is 79.9. The molecule has 0 aliphatic carbocycles. The number of aliphatic hydroxyl groups is 5. The van der Waals surface area contributed by atoms with Crippen LogP contribution < -0.4 is 16.1 Å². The lowest BCUT2D eigenvalue weighted by atomic mass is 9.76. The molecule has 0 radical (unpaired) electrons. The van der Waals surface area contributed by atoms with E-state index in [-0.39, 0.29) is 57.8 Å². The van der Waals surface area contributed by atoms with E-state index in [2.05, 4.69) is 47.3 Å². The fourth-order valence-electron chi connectivity index (χ4n) is 10.3. The predicted molar refractivity (Wildman–Crippen MR) is 304 cm³/mol. The molecule has 3 fully saturated rings. The van der Waals surface area contributed by atoms with E-state index in [1.165, 1.54) is 37.4 Å². The van der Waals surface area contributed by atoms with Gasteiger partial charge in [0.2, 0.25) is 0 Å². The SMILES string of the molecule is CCC1O[C@H]([C@H](C)c2ccc(Br)cc2C(F)(F)F)C(OCc2ccccc2)[C@@H](C)[C@@H]1C.CNC(=O)c1cccc(-c2ccc([C@@H](O)[C@H]3OC(CO)[C@@H](O)[C@H](O)C3O)c(C(F)(F)F)c2)c1.CNC(=O)c1cccc(B2OC(C)(C)C(C)(C)O2)c1. The van der Waals surface area contributed by atoms with Gasteiger partial charge in [-0.05, 0) is 122 Å². The Morgan fingerprint density at radius 2 is 1.22 bits per heavy atom. The molecule has 22 heteroatoms. The van der Waals surface area contributed by atoms with E-state index in [1.54, 1.807) is 31.3 Å². The van der Waals surface area contributed by atoms with Gasteiger partial charge in [0.25, 0.3) is 11.8 Å². The van der Waals surface area contributed by atoms with Crippen LogP contribution in [0, 0.1) is 11.8 Å². The van der Waals surface area contributed by atoms with Crippen LogP contribution in [0.25, 0.3) is 11.1 Å². The van der Waals surface area contributed by atoms with Gasteiger partial charge >= 0.3 is 19.5 Å². The number of carbonyl (C=O) groups is 2. The Bertz CT molecular complexity index is 2960. The first-order valence-corrected chi connectivity index (χ1v) is 28.1. The van der Waals surface area contributed by atoms with E-state index < -0.39 is 97.3 Å². The number of alkyl halides is 6. The second-order valence-electron chi connectivity index (χ2n) is 22.0. The summed E-state index contributed by atoms with van der Waals surface area (Å²) in [6.07, 6.45) is -20.0. The Morgan fingerprint density at radius 3 is 1.78 bits per heavy atom. The maximum Gasteiger partial charge on any atom is 0.494 e. The smallest absolute Gasteiger partial charge is 0.399 e. The average Bonchev–Trinajstić information content (AvgIpc) is 3.31. The number of rotatable bonds is 13. The normalized spacial score (nSPS) is 25.6. The standard InChI is InChI=1S/C25H30BrF3O2.C22H24F3NO7.C14H20BNO3/c1-5-22-15(2)16(3)23(30-14-18-9-7-6-8-10-18)24(31-22)17(4)20-12-11-19(26)13-21(20)25(27,28)29;1-26-21(32)12-4-2-3-10(7-12)11-5-6-13(14(8-11)22(23,24)25)16(28)20-19(31)18(30)17(29)15(9-27)33-20;1-13(2)14(3,4)19-15(18-13)11-8-6-7-10(9-11)12(17)16-5/h6-13,15-17,22-24H,5,14H2,1-4H3;2-8,15-20,27-31H,9H2,1H3,(H,26,32);6-9H,1-5H3,(H,16,17)/t15-,16-,17+,22?,23?,24+;15?,16-,17-,18+,19?,20-;/m01./s1. The molecule has 3 aliphatic heterocycles. The zero-order valence-electron chi connectivity index (χ0n) is 47.8. The lowest BCUT2D eigenvalue weighted by molar-refractivity contribution is -0.250. The summed E-state index contributed by atoms with van der Waals surface area (Å²) >= 11 is 3.18. The van der Waals surface area contributed by atoms with Crippen LogP contribution in [0.5, 0.6) is 0 Å². The molecule has 0 aromatic heterocycles. The fourth-order valence-corrected chi connectivity index (χ4v) is 10.7. The average molecular weight is 1230 g/mol. The minimum Gasteiger partial charge on any atom is -0.399 e. The van der Waals surface area contributed by atoms with Gasteiger partial charge in [-0.3, -0.25) is 9.59 Å². The van der Waals surface area contributed by atoms with Gasteiger partial charge in [0.15, 0.2) is 0 Å². The number of halogens is 7. The molecule has 3 saturated heterocycles. The minimum atomic E-state index is -4.90. The largest absolute Gasteiger partial charge is 0.494 e. The summed E-state index contributed by atoms with van der Waals surface area (Å²) in [5.41, 5.74) is 0.224. The first kappa shape index (κ1) is 66.9. The molecule has 2 amide bonds. The molecular weight excluding hydrogens is 1160 g/mol. The maximum atomic E-state index is 13.9. The summed E-state index contributed by atoms with van der Waals surface area (Å²) in [5.74, 6) is -0.601. The van der Waals surface area contributed by atoms with Gasteiger partial charge in [-0.15, -0.1) is 0 Å². The summed E-state index contributed by atoms with van der Waals surface area (Å²) in [6, 6.07) is 30.6. The van der Waals surface area contributed by atoms with E-state index in [0.29, 0.717) is 22.2 Å². The first-order valence-electron chi connectivity index (χ1n) is 27.3. The highest BCUT2D eigenvalue weighted by molar-refractivity contribution is 9.10. The van der Waals surface area contributed by atoms with Crippen molar-refractivity contribution in [3.8, 4) is 11.1 Å². The van der Waals surface area contributed by atoms with Crippen LogP contribution in [0.2, 0.25) is 0 Å². The van der Waals surface area contributed by atoms with E-state index in [9.17, 15) is 61.5 Å². The number of ether oxygens (including phenoxy) is 3. The molecule has 0 saturated carbocycles. The fraction of sp³-hybridized carbons (Fsp3) is 0.475. The third-order valence-corrected chi connectivity index (χ3v) is 16.6. The van der Waals surface area contributed by atoms with Crippen LogP contribution in [-0.4, -0.2) is 125 Å².